The Morgan fingerprint density at radius 2 is 1.93 bits per heavy atom. The summed E-state index contributed by atoms with van der Waals surface area (Å²) in [4.78, 5) is 19.9. The smallest absolute Gasteiger partial charge is 0.246 e. The second-order valence-electron chi connectivity index (χ2n) is 10.3. The summed E-state index contributed by atoms with van der Waals surface area (Å²) >= 11 is 0. The summed E-state index contributed by atoms with van der Waals surface area (Å²) in [7, 11) is 0. The van der Waals surface area contributed by atoms with Gasteiger partial charge in [0.05, 0.1) is 40.3 Å². The Bertz CT molecular complexity index is 1560. The lowest BCUT2D eigenvalue weighted by Crippen LogP contribution is -2.61. The van der Waals surface area contributed by atoms with Crippen LogP contribution < -0.4 is 10.1 Å². The maximum atomic E-state index is 16.6. The van der Waals surface area contributed by atoms with Crippen molar-refractivity contribution in [3.05, 3.63) is 83.5 Å². The summed E-state index contributed by atoms with van der Waals surface area (Å²) in [6.45, 7) is 8.89. The Morgan fingerprint density at radius 1 is 1.20 bits per heavy atom. The molecule has 1 amide bonds. The molecule has 3 aromatic rings. The SMILES string of the molecule is C=CC(=O)N1CC(C)N2C(=N)c3c(Nc4c(C)ccnc4C(C)O)c(F)c(-c4ccccc4F)c(F)c3OCC2C1. The highest BCUT2D eigenvalue weighted by Crippen LogP contribution is 2.45. The number of hydrogen-bond acceptors (Lipinski definition) is 6. The van der Waals surface area contributed by atoms with Gasteiger partial charge in [-0.2, -0.15) is 0 Å². The van der Waals surface area contributed by atoms with E-state index in [9.17, 15) is 19.7 Å². The standard InChI is InChI=1S/C30H30F3N5O3/c1-5-21(40)37-12-16(3)38-18(13-37)14-41-29-23(30(38)34)28(36-26-15(2)10-11-35-27(26)17(4)39)24(32)22(25(29)33)19-8-6-7-9-20(19)31/h5-11,16-18,34,36,39H,1,12-14H2,2-4H3. The number of aryl methyl sites for hydroxylation is 1. The number of piperazine rings is 1. The molecule has 2 aliphatic rings. The monoisotopic (exact) mass is 565 g/mol. The number of pyridine rings is 1. The van der Waals surface area contributed by atoms with Crippen molar-refractivity contribution < 1.29 is 27.8 Å². The lowest BCUT2D eigenvalue weighted by Gasteiger charge is -2.45. The maximum Gasteiger partial charge on any atom is 0.246 e. The van der Waals surface area contributed by atoms with Gasteiger partial charge in [-0.05, 0) is 44.5 Å². The topological polar surface area (TPSA) is 102 Å². The number of fused-ring (bicyclic) bond motifs is 2. The number of anilines is 2. The summed E-state index contributed by atoms with van der Waals surface area (Å²) in [5, 5.41) is 22.6. The minimum atomic E-state index is -1.15. The number of nitrogens with zero attached hydrogens (tertiary/aromatic N) is 3. The van der Waals surface area contributed by atoms with E-state index in [1.807, 2.05) is 0 Å². The second kappa shape index (κ2) is 10.9. The van der Waals surface area contributed by atoms with E-state index in [2.05, 4.69) is 16.9 Å². The zero-order valence-electron chi connectivity index (χ0n) is 22.8. The van der Waals surface area contributed by atoms with Crippen LogP contribution in [0.4, 0.5) is 24.5 Å². The van der Waals surface area contributed by atoms with Crippen LogP contribution >= 0.6 is 0 Å². The quantitative estimate of drug-likeness (QED) is 0.373. The number of nitrogens with one attached hydrogen (secondary N) is 2. The number of carbonyl (C=O) groups excluding carboxylic acids is 1. The van der Waals surface area contributed by atoms with Crippen molar-refractivity contribution >= 4 is 23.1 Å². The molecule has 0 radical (unpaired) electrons. The van der Waals surface area contributed by atoms with E-state index in [0.29, 0.717) is 5.56 Å². The minimum absolute atomic E-state index is 0.121. The highest BCUT2D eigenvalue weighted by Gasteiger charge is 2.42. The number of amides is 1. The molecule has 3 heterocycles. The molecule has 1 saturated heterocycles. The van der Waals surface area contributed by atoms with Gasteiger partial charge in [-0.1, -0.05) is 24.8 Å². The molecule has 41 heavy (non-hydrogen) atoms. The van der Waals surface area contributed by atoms with Gasteiger partial charge in [0.1, 0.15) is 18.3 Å². The molecule has 0 bridgehead atoms. The Morgan fingerprint density at radius 3 is 2.61 bits per heavy atom. The first-order valence-electron chi connectivity index (χ1n) is 13.2. The van der Waals surface area contributed by atoms with E-state index in [1.54, 1.807) is 29.7 Å². The average Bonchev–Trinajstić information content (AvgIpc) is 3.09. The first-order chi connectivity index (χ1) is 19.5. The van der Waals surface area contributed by atoms with Crippen LogP contribution in [0, 0.1) is 29.8 Å². The number of carbonyl (C=O) groups is 1. The Kier molecular flexibility index (Phi) is 7.48. The number of aliphatic hydroxyl groups is 1. The molecular formula is C30H30F3N5O3. The van der Waals surface area contributed by atoms with E-state index in [0.717, 1.165) is 6.07 Å². The molecule has 1 fully saturated rings. The number of rotatable bonds is 5. The third-order valence-electron chi connectivity index (χ3n) is 7.50. The van der Waals surface area contributed by atoms with Gasteiger partial charge in [-0.25, -0.2) is 13.2 Å². The highest BCUT2D eigenvalue weighted by molar-refractivity contribution is 6.07. The molecule has 5 rings (SSSR count). The van der Waals surface area contributed by atoms with Gasteiger partial charge in [0.2, 0.25) is 5.91 Å². The van der Waals surface area contributed by atoms with Gasteiger partial charge in [0.15, 0.2) is 17.4 Å². The van der Waals surface area contributed by atoms with Crippen molar-refractivity contribution in [1.29, 1.82) is 5.41 Å². The number of amidine groups is 1. The molecule has 11 heteroatoms. The Balaban J connectivity index is 1.75. The zero-order valence-corrected chi connectivity index (χ0v) is 22.8. The molecule has 214 valence electrons. The summed E-state index contributed by atoms with van der Waals surface area (Å²) in [6.07, 6.45) is 1.66. The van der Waals surface area contributed by atoms with Crippen molar-refractivity contribution in [1.82, 2.24) is 14.8 Å². The first-order valence-corrected chi connectivity index (χ1v) is 13.2. The molecule has 8 nitrogen and oxygen atoms in total. The number of hydrogen-bond donors (Lipinski definition) is 3. The predicted octanol–water partition coefficient (Wildman–Crippen LogP) is 5.08. The van der Waals surface area contributed by atoms with Crippen LogP contribution in [0.25, 0.3) is 11.1 Å². The van der Waals surface area contributed by atoms with E-state index < -0.39 is 47.0 Å². The Labute approximate surface area is 235 Å². The first kappa shape index (κ1) is 28.2. The van der Waals surface area contributed by atoms with Crippen molar-refractivity contribution in [2.75, 3.05) is 25.0 Å². The van der Waals surface area contributed by atoms with Crippen LogP contribution in [0.5, 0.6) is 5.75 Å². The van der Waals surface area contributed by atoms with E-state index >= 15 is 8.78 Å². The molecular weight excluding hydrogens is 535 g/mol. The number of halogens is 3. The number of aliphatic hydroxyl groups excluding tert-OH is 1. The molecule has 3 atom stereocenters. The van der Waals surface area contributed by atoms with Gasteiger partial charge in [-0.15, -0.1) is 0 Å². The van der Waals surface area contributed by atoms with Gasteiger partial charge in [-0.3, -0.25) is 15.2 Å². The lowest BCUT2D eigenvalue weighted by molar-refractivity contribution is -0.129. The summed E-state index contributed by atoms with van der Waals surface area (Å²) in [6, 6.07) is 5.92. The molecule has 2 aromatic carbocycles. The van der Waals surface area contributed by atoms with E-state index in [-0.39, 0.29) is 59.6 Å². The van der Waals surface area contributed by atoms with Crippen molar-refractivity contribution in [2.45, 2.75) is 39.0 Å². The molecule has 3 unspecified atom stereocenters. The van der Waals surface area contributed by atoms with Gasteiger partial charge < -0.3 is 25.0 Å². The number of benzene rings is 2. The van der Waals surface area contributed by atoms with Gasteiger partial charge >= 0.3 is 0 Å². The van der Waals surface area contributed by atoms with Crippen LogP contribution in [-0.2, 0) is 4.79 Å². The highest BCUT2D eigenvalue weighted by atomic mass is 19.1. The third-order valence-corrected chi connectivity index (χ3v) is 7.50. The molecule has 3 N–H and O–H groups in total. The zero-order chi connectivity index (χ0) is 29.6. The predicted molar refractivity (Wildman–Crippen MR) is 149 cm³/mol. The van der Waals surface area contributed by atoms with Crippen molar-refractivity contribution in [3.63, 3.8) is 0 Å². The average molecular weight is 566 g/mol. The van der Waals surface area contributed by atoms with E-state index in [1.165, 1.54) is 37.4 Å². The largest absolute Gasteiger partial charge is 0.487 e. The molecule has 0 spiro atoms. The Hall–Kier alpha value is -4.38. The number of aromatic nitrogens is 1. The van der Waals surface area contributed by atoms with Gasteiger partial charge in [0, 0.05) is 30.9 Å². The fraction of sp³-hybridized carbons (Fsp3) is 0.300. The third kappa shape index (κ3) is 4.80. The lowest BCUT2D eigenvalue weighted by atomic mass is 9.96. The molecule has 2 aliphatic heterocycles. The summed E-state index contributed by atoms with van der Waals surface area (Å²) in [5.74, 6) is -4.05. The molecule has 0 aliphatic carbocycles. The van der Waals surface area contributed by atoms with E-state index in [4.69, 9.17) is 4.74 Å². The van der Waals surface area contributed by atoms with Crippen LogP contribution in [0.3, 0.4) is 0 Å². The summed E-state index contributed by atoms with van der Waals surface area (Å²) < 4.78 is 53.7. The molecule has 1 aromatic heterocycles. The second-order valence-corrected chi connectivity index (χ2v) is 10.3. The van der Waals surface area contributed by atoms with Crippen LogP contribution in [-0.4, -0.2) is 63.4 Å². The normalized spacial score (nSPS) is 19.0. The minimum Gasteiger partial charge on any atom is -0.487 e. The van der Waals surface area contributed by atoms with Crippen LogP contribution in [0.2, 0.25) is 0 Å². The molecule has 0 saturated carbocycles. The van der Waals surface area contributed by atoms with Crippen molar-refractivity contribution in [3.8, 4) is 16.9 Å². The van der Waals surface area contributed by atoms with Crippen LogP contribution in [0.15, 0.2) is 49.2 Å². The number of ether oxygens (including phenoxy) is 1. The fourth-order valence-corrected chi connectivity index (χ4v) is 5.57. The summed E-state index contributed by atoms with van der Waals surface area (Å²) in [5.41, 5.74) is -0.423. The van der Waals surface area contributed by atoms with Crippen molar-refractivity contribution in [2.24, 2.45) is 0 Å². The van der Waals surface area contributed by atoms with Gasteiger partial charge in [0.25, 0.3) is 0 Å². The maximum absolute atomic E-state index is 16.6. The van der Waals surface area contributed by atoms with Crippen LogP contribution in [0.1, 0.15) is 36.8 Å². The fourth-order valence-electron chi connectivity index (χ4n) is 5.57.